The Balaban J connectivity index is 1.96. The first-order valence-electron chi connectivity index (χ1n) is 6.74. The number of nitrogens with one attached hydrogen (secondary N) is 1. The van der Waals surface area contributed by atoms with Gasteiger partial charge in [-0.05, 0) is 43.9 Å². The third kappa shape index (κ3) is 2.04. The zero-order valence-electron chi connectivity index (χ0n) is 10.8. The number of nitrogens with two attached hydrogens (primary N) is 1. The second-order valence-corrected chi connectivity index (χ2v) is 5.38. The average molecular weight is 244 g/mol. The summed E-state index contributed by atoms with van der Waals surface area (Å²) in [5.74, 6) is 7.31. The van der Waals surface area contributed by atoms with E-state index < -0.39 is 0 Å². The summed E-state index contributed by atoms with van der Waals surface area (Å²) in [6.45, 7) is 2.10. The first-order chi connectivity index (χ1) is 8.78. The number of aryl methyl sites for hydroxylation is 1. The molecule has 18 heavy (non-hydrogen) atoms. The van der Waals surface area contributed by atoms with Crippen LogP contribution in [0.3, 0.4) is 0 Å². The molecule has 0 spiro atoms. The van der Waals surface area contributed by atoms with E-state index in [1.54, 1.807) is 0 Å². The molecule has 1 atom stereocenters. The van der Waals surface area contributed by atoms with Crippen molar-refractivity contribution < 1.29 is 4.42 Å². The SMILES string of the molecule is Cc1ccc2oc(C(NN)C3CCCC3)cc2c1. The van der Waals surface area contributed by atoms with Gasteiger partial charge in [0.25, 0.3) is 0 Å². The highest BCUT2D eigenvalue weighted by molar-refractivity contribution is 5.78. The predicted molar refractivity (Wildman–Crippen MR) is 73.0 cm³/mol. The Morgan fingerprint density at radius 2 is 2.06 bits per heavy atom. The van der Waals surface area contributed by atoms with E-state index in [1.165, 1.54) is 36.6 Å². The Kier molecular flexibility index (Phi) is 3.10. The summed E-state index contributed by atoms with van der Waals surface area (Å²) in [6, 6.07) is 8.56. The van der Waals surface area contributed by atoms with E-state index in [9.17, 15) is 0 Å². The average Bonchev–Trinajstić information content (AvgIpc) is 2.98. The van der Waals surface area contributed by atoms with Gasteiger partial charge in [0.1, 0.15) is 11.3 Å². The fraction of sp³-hybridized carbons (Fsp3) is 0.467. The summed E-state index contributed by atoms with van der Waals surface area (Å²) < 4.78 is 5.95. The zero-order valence-corrected chi connectivity index (χ0v) is 10.8. The molecule has 3 rings (SSSR count). The van der Waals surface area contributed by atoms with Crippen LogP contribution < -0.4 is 11.3 Å². The lowest BCUT2D eigenvalue weighted by Gasteiger charge is -2.19. The molecule has 3 heteroatoms. The Morgan fingerprint density at radius 1 is 1.28 bits per heavy atom. The van der Waals surface area contributed by atoms with Gasteiger partial charge in [-0.15, -0.1) is 0 Å². The number of rotatable bonds is 3. The van der Waals surface area contributed by atoms with Gasteiger partial charge in [-0.25, -0.2) is 5.43 Å². The lowest BCUT2D eigenvalue weighted by molar-refractivity contribution is 0.323. The summed E-state index contributed by atoms with van der Waals surface area (Å²) >= 11 is 0. The summed E-state index contributed by atoms with van der Waals surface area (Å²) in [6.07, 6.45) is 5.10. The second-order valence-electron chi connectivity index (χ2n) is 5.38. The van der Waals surface area contributed by atoms with Crippen LogP contribution in [0.5, 0.6) is 0 Å². The number of hydrogen-bond acceptors (Lipinski definition) is 3. The number of benzene rings is 1. The number of hydrogen-bond donors (Lipinski definition) is 2. The van der Waals surface area contributed by atoms with E-state index in [0.717, 1.165) is 11.3 Å². The highest BCUT2D eigenvalue weighted by atomic mass is 16.3. The molecule has 1 unspecified atom stereocenters. The highest BCUT2D eigenvalue weighted by Gasteiger charge is 2.27. The van der Waals surface area contributed by atoms with Crippen molar-refractivity contribution in [2.75, 3.05) is 0 Å². The van der Waals surface area contributed by atoms with Crippen molar-refractivity contribution in [1.29, 1.82) is 0 Å². The van der Waals surface area contributed by atoms with Gasteiger partial charge in [-0.1, -0.05) is 24.5 Å². The van der Waals surface area contributed by atoms with Gasteiger partial charge in [-0.3, -0.25) is 5.84 Å². The summed E-state index contributed by atoms with van der Waals surface area (Å²) in [5, 5.41) is 1.17. The number of hydrazine groups is 1. The van der Waals surface area contributed by atoms with Gasteiger partial charge < -0.3 is 4.42 Å². The Hall–Kier alpha value is -1.32. The van der Waals surface area contributed by atoms with Crippen LogP contribution in [-0.2, 0) is 0 Å². The zero-order chi connectivity index (χ0) is 12.5. The minimum atomic E-state index is 0.153. The molecule has 3 nitrogen and oxygen atoms in total. The molecule has 3 N–H and O–H groups in total. The molecule has 1 aromatic carbocycles. The fourth-order valence-corrected chi connectivity index (χ4v) is 3.08. The molecule has 0 saturated heterocycles. The summed E-state index contributed by atoms with van der Waals surface area (Å²) in [5.41, 5.74) is 5.15. The maximum Gasteiger partial charge on any atom is 0.134 e. The van der Waals surface area contributed by atoms with Crippen LogP contribution in [0.2, 0.25) is 0 Å². The van der Waals surface area contributed by atoms with E-state index in [-0.39, 0.29) is 6.04 Å². The lowest BCUT2D eigenvalue weighted by atomic mass is 9.96. The maximum absolute atomic E-state index is 5.95. The Bertz CT molecular complexity index is 540. The summed E-state index contributed by atoms with van der Waals surface area (Å²) in [7, 11) is 0. The molecule has 1 saturated carbocycles. The molecule has 0 aliphatic heterocycles. The van der Waals surface area contributed by atoms with Crippen LogP contribution in [0.4, 0.5) is 0 Å². The highest BCUT2D eigenvalue weighted by Crippen LogP contribution is 2.37. The minimum Gasteiger partial charge on any atom is -0.459 e. The van der Waals surface area contributed by atoms with Crippen molar-refractivity contribution in [3.63, 3.8) is 0 Å². The molecule has 1 aromatic heterocycles. The van der Waals surface area contributed by atoms with Crippen LogP contribution in [0.15, 0.2) is 28.7 Å². The van der Waals surface area contributed by atoms with Crippen molar-refractivity contribution in [3.8, 4) is 0 Å². The van der Waals surface area contributed by atoms with E-state index >= 15 is 0 Å². The van der Waals surface area contributed by atoms with E-state index in [1.807, 2.05) is 6.07 Å². The standard InChI is InChI=1S/C15H20N2O/c1-10-6-7-13-12(8-10)9-14(18-13)15(17-16)11-4-2-3-5-11/h6-9,11,15,17H,2-5,16H2,1H3. The maximum atomic E-state index is 5.95. The topological polar surface area (TPSA) is 51.2 Å². The van der Waals surface area contributed by atoms with Crippen LogP contribution in [0.1, 0.15) is 43.0 Å². The first kappa shape index (κ1) is 11.8. The van der Waals surface area contributed by atoms with Crippen molar-refractivity contribution in [2.45, 2.75) is 38.6 Å². The Morgan fingerprint density at radius 3 is 2.78 bits per heavy atom. The van der Waals surface area contributed by atoms with Crippen molar-refractivity contribution in [1.82, 2.24) is 5.43 Å². The smallest absolute Gasteiger partial charge is 0.134 e. The number of fused-ring (bicyclic) bond motifs is 1. The van der Waals surface area contributed by atoms with Crippen LogP contribution in [0, 0.1) is 12.8 Å². The van der Waals surface area contributed by atoms with Gasteiger partial charge in [0.05, 0.1) is 6.04 Å². The number of furan rings is 1. The van der Waals surface area contributed by atoms with Crippen molar-refractivity contribution in [2.24, 2.45) is 11.8 Å². The fourth-order valence-electron chi connectivity index (χ4n) is 3.08. The van der Waals surface area contributed by atoms with Crippen molar-refractivity contribution >= 4 is 11.0 Å². The largest absolute Gasteiger partial charge is 0.459 e. The van der Waals surface area contributed by atoms with Crippen LogP contribution in [-0.4, -0.2) is 0 Å². The first-order valence-corrected chi connectivity index (χ1v) is 6.74. The quantitative estimate of drug-likeness (QED) is 0.642. The molecular formula is C15H20N2O. The van der Waals surface area contributed by atoms with Crippen molar-refractivity contribution in [3.05, 3.63) is 35.6 Å². The summed E-state index contributed by atoms with van der Waals surface area (Å²) in [4.78, 5) is 0. The lowest BCUT2D eigenvalue weighted by Crippen LogP contribution is -2.32. The van der Waals surface area contributed by atoms with Gasteiger partial charge >= 0.3 is 0 Å². The van der Waals surface area contributed by atoms with Gasteiger partial charge in [0, 0.05) is 5.39 Å². The molecule has 0 radical (unpaired) electrons. The van der Waals surface area contributed by atoms with Crippen LogP contribution in [0.25, 0.3) is 11.0 Å². The van der Waals surface area contributed by atoms with Gasteiger partial charge in [0.2, 0.25) is 0 Å². The minimum absolute atomic E-state index is 0.153. The molecule has 1 heterocycles. The monoisotopic (exact) mass is 244 g/mol. The molecule has 0 amide bonds. The third-order valence-corrected chi connectivity index (χ3v) is 4.05. The van der Waals surface area contributed by atoms with E-state index in [4.69, 9.17) is 10.3 Å². The van der Waals surface area contributed by atoms with E-state index in [0.29, 0.717) is 5.92 Å². The second kappa shape index (κ2) is 4.75. The van der Waals surface area contributed by atoms with Crippen LogP contribution >= 0.6 is 0 Å². The molecule has 1 fully saturated rings. The molecule has 1 aliphatic carbocycles. The van der Waals surface area contributed by atoms with E-state index in [2.05, 4.69) is 30.5 Å². The Labute approximate surface area is 107 Å². The molecule has 1 aliphatic rings. The predicted octanol–water partition coefficient (Wildman–Crippen LogP) is 3.44. The third-order valence-electron chi connectivity index (χ3n) is 4.05. The molecular weight excluding hydrogens is 224 g/mol. The molecule has 96 valence electrons. The normalized spacial score (nSPS) is 18.6. The van der Waals surface area contributed by atoms with Gasteiger partial charge in [0.15, 0.2) is 0 Å². The molecule has 2 aromatic rings. The van der Waals surface area contributed by atoms with Gasteiger partial charge in [-0.2, -0.15) is 0 Å². The molecule has 0 bridgehead atoms.